The van der Waals surface area contributed by atoms with Crippen LogP contribution in [0.15, 0.2) is 0 Å². The van der Waals surface area contributed by atoms with Crippen LogP contribution in [0.25, 0.3) is 0 Å². The second kappa shape index (κ2) is 0.607. The fourth-order valence-electron chi connectivity index (χ4n) is 0.205. The van der Waals surface area contributed by atoms with E-state index in [2.05, 4.69) is 24.8 Å². The van der Waals surface area contributed by atoms with Gasteiger partial charge in [0.1, 0.15) is 0 Å². The SMILES string of the molecule is BrP12(CO1)OO2. The van der Waals surface area contributed by atoms with Crippen molar-refractivity contribution in [2.24, 2.45) is 0 Å². The Morgan fingerprint density at radius 2 is 2.00 bits per heavy atom. The summed E-state index contributed by atoms with van der Waals surface area (Å²) in [6, 6.07) is 0. The van der Waals surface area contributed by atoms with Gasteiger partial charge in [0.05, 0.1) is 0 Å². The molecule has 3 nitrogen and oxygen atoms in total. The Hall–Kier alpha value is 0.790. The van der Waals surface area contributed by atoms with Gasteiger partial charge in [0, 0.05) is 0 Å². The molecule has 5 heteroatoms. The van der Waals surface area contributed by atoms with Crippen LogP contribution in [0.4, 0.5) is 0 Å². The van der Waals surface area contributed by atoms with Crippen molar-refractivity contribution >= 4 is 21.5 Å². The number of hydrogen-bond acceptors (Lipinski definition) is 3. The molecule has 0 aliphatic carbocycles. The first-order chi connectivity index (χ1) is 2.71. The third kappa shape index (κ3) is 0.315. The Balaban J connectivity index is 2.41. The van der Waals surface area contributed by atoms with Crippen LogP contribution in [0.3, 0.4) is 0 Å². The summed E-state index contributed by atoms with van der Waals surface area (Å²) in [4.78, 5) is 0. The summed E-state index contributed by atoms with van der Waals surface area (Å²) in [5, 5.41) is 0. The summed E-state index contributed by atoms with van der Waals surface area (Å²) in [6.07, 6.45) is 0.631. The summed E-state index contributed by atoms with van der Waals surface area (Å²) < 4.78 is 13.8. The van der Waals surface area contributed by atoms with Crippen LogP contribution in [0.1, 0.15) is 0 Å². The molecule has 0 aromatic heterocycles. The molecule has 0 unspecified atom stereocenters. The van der Waals surface area contributed by atoms with E-state index in [0.29, 0.717) is 6.35 Å². The Bertz CT molecular complexity index is 85.9. The minimum atomic E-state index is -2.24. The fourth-order valence-corrected chi connectivity index (χ4v) is 2.63. The molecule has 2 heterocycles. The molecule has 2 rings (SSSR count). The van der Waals surface area contributed by atoms with Gasteiger partial charge in [0.2, 0.25) is 0 Å². The van der Waals surface area contributed by atoms with Crippen molar-refractivity contribution in [2.45, 2.75) is 0 Å². The molecule has 2 aliphatic rings. The van der Waals surface area contributed by atoms with Gasteiger partial charge in [-0.25, -0.2) is 0 Å². The average molecular weight is 173 g/mol. The van der Waals surface area contributed by atoms with Crippen LogP contribution >= 0.6 is 21.5 Å². The summed E-state index contributed by atoms with van der Waals surface area (Å²) in [6.45, 7) is 0. The first kappa shape index (κ1) is 3.75. The van der Waals surface area contributed by atoms with E-state index in [1.807, 2.05) is 0 Å². The van der Waals surface area contributed by atoms with Crippen LogP contribution in [0, 0.1) is 0 Å². The zero-order valence-electron chi connectivity index (χ0n) is 2.76. The first-order valence-electron chi connectivity index (χ1n) is 1.49. The molecule has 6 heavy (non-hydrogen) atoms. The third-order valence-electron chi connectivity index (χ3n) is 0.735. The summed E-state index contributed by atoms with van der Waals surface area (Å²) >= 11 is 3.17. The average Bonchev–Trinajstić information content (AvgIpc) is 2.28. The van der Waals surface area contributed by atoms with E-state index in [1.165, 1.54) is 0 Å². The molecule has 0 bridgehead atoms. The molecular weight excluding hydrogens is 171 g/mol. The first-order valence-corrected chi connectivity index (χ1v) is 5.68. The Morgan fingerprint density at radius 3 is 2.00 bits per heavy atom. The van der Waals surface area contributed by atoms with E-state index in [1.54, 1.807) is 0 Å². The molecule has 0 N–H and O–H groups in total. The molecule has 1 spiro atoms. The van der Waals surface area contributed by atoms with Crippen LogP contribution in [-0.4, -0.2) is 6.35 Å². The minimum absolute atomic E-state index is 0.631. The van der Waals surface area contributed by atoms with Crippen molar-refractivity contribution in [3.63, 3.8) is 0 Å². The molecule has 0 aromatic carbocycles. The van der Waals surface area contributed by atoms with Gasteiger partial charge < -0.3 is 0 Å². The molecule has 0 amide bonds. The predicted octanol–water partition coefficient (Wildman–Crippen LogP) is 1.54. The molecule has 0 aromatic rings. The monoisotopic (exact) mass is 172 g/mol. The van der Waals surface area contributed by atoms with E-state index < -0.39 is 5.99 Å². The normalized spacial score (nSPS) is 49.8. The molecule has 36 valence electrons. The van der Waals surface area contributed by atoms with Crippen LogP contribution in [-0.2, 0) is 13.9 Å². The van der Waals surface area contributed by atoms with Gasteiger partial charge in [-0.2, -0.15) is 0 Å². The van der Waals surface area contributed by atoms with Gasteiger partial charge in [0.25, 0.3) is 0 Å². The molecule has 2 fully saturated rings. The number of rotatable bonds is 0. The van der Waals surface area contributed by atoms with Crippen LogP contribution in [0.5, 0.6) is 0 Å². The van der Waals surface area contributed by atoms with Gasteiger partial charge >= 0.3 is 41.7 Å². The van der Waals surface area contributed by atoms with Gasteiger partial charge in [-0.3, -0.25) is 0 Å². The molecule has 2 aliphatic heterocycles. The molecule has 0 atom stereocenters. The van der Waals surface area contributed by atoms with Crippen molar-refractivity contribution in [3.05, 3.63) is 0 Å². The predicted molar refractivity (Wildman–Crippen MR) is 24.0 cm³/mol. The number of hydrogen-bond donors (Lipinski definition) is 0. The Kier molecular flexibility index (Phi) is 0.380. The molecule has 2 saturated heterocycles. The molecule has 0 radical (unpaired) electrons. The summed E-state index contributed by atoms with van der Waals surface area (Å²) in [5.74, 6) is -2.24. The topological polar surface area (TPSA) is 37.6 Å². The molecular formula is CH2BrO3P. The van der Waals surface area contributed by atoms with E-state index in [9.17, 15) is 0 Å². The zero-order chi connectivity index (χ0) is 4.28. The summed E-state index contributed by atoms with van der Waals surface area (Å²) in [7, 11) is 0. The standard InChI is InChI=1S/CH2BrO3P/c2-6(1-3-6)4-5-6/h1H2. The van der Waals surface area contributed by atoms with Gasteiger partial charge in [-0.1, -0.05) is 0 Å². The van der Waals surface area contributed by atoms with Crippen molar-refractivity contribution in [1.29, 1.82) is 0 Å². The zero-order valence-corrected chi connectivity index (χ0v) is 5.24. The van der Waals surface area contributed by atoms with Crippen LogP contribution in [0.2, 0.25) is 0 Å². The third-order valence-corrected chi connectivity index (χ3v) is 4.14. The van der Waals surface area contributed by atoms with Crippen molar-refractivity contribution < 1.29 is 13.9 Å². The van der Waals surface area contributed by atoms with E-state index >= 15 is 0 Å². The number of halogens is 1. The summed E-state index contributed by atoms with van der Waals surface area (Å²) in [5.41, 5.74) is 0. The Labute approximate surface area is 42.4 Å². The molecule has 0 saturated carbocycles. The van der Waals surface area contributed by atoms with Gasteiger partial charge in [0.15, 0.2) is 0 Å². The van der Waals surface area contributed by atoms with Crippen molar-refractivity contribution in [2.75, 3.05) is 6.35 Å². The van der Waals surface area contributed by atoms with Gasteiger partial charge in [-0.15, -0.1) is 0 Å². The van der Waals surface area contributed by atoms with Gasteiger partial charge in [-0.05, 0) is 0 Å². The van der Waals surface area contributed by atoms with Crippen molar-refractivity contribution in [3.8, 4) is 0 Å². The Morgan fingerprint density at radius 1 is 1.50 bits per heavy atom. The second-order valence-electron chi connectivity index (χ2n) is 1.34. The maximum absolute atomic E-state index is 4.80. The van der Waals surface area contributed by atoms with E-state index in [-0.39, 0.29) is 0 Å². The van der Waals surface area contributed by atoms with Crippen molar-refractivity contribution in [1.82, 2.24) is 0 Å². The second-order valence-corrected chi connectivity index (χ2v) is 8.14. The quantitative estimate of drug-likeness (QED) is 0.316. The fraction of sp³-hybridized carbons (Fsp3) is 1.00. The van der Waals surface area contributed by atoms with Crippen LogP contribution < -0.4 is 0 Å². The van der Waals surface area contributed by atoms with E-state index in [4.69, 9.17) is 4.52 Å². The maximum atomic E-state index is 4.80. The van der Waals surface area contributed by atoms with E-state index in [0.717, 1.165) is 0 Å².